The minimum absolute atomic E-state index is 0.0579. The number of non-ortho nitro benzene ring substituents is 1. The molecule has 0 spiro atoms. The molecular formula is C11H8Cl2N2O4. The number of nitrogens with zero attached hydrogens (tertiary/aromatic N) is 1. The Balaban J connectivity index is 3.04. The highest BCUT2D eigenvalue weighted by atomic mass is 35.5. The Morgan fingerprint density at radius 3 is 2.11 bits per heavy atom. The van der Waals surface area contributed by atoms with Crippen LogP contribution in [-0.4, -0.2) is 20.9 Å². The van der Waals surface area contributed by atoms with Gasteiger partial charge in [0.1, 0.15) is 0 Å². The van der Waals surface area contributed by atoms with Crippen LogP contribution in [0.25, 0.3) is 0 Å². The number of nitro benzene ring substituents is 1. The SMILES string of the molecule is C=C(C(=O)c1ccc([N+](=O)[O-])cc1)C(Cl)(Cl)C(N)=O. The summed E-state index contributed by atoms with van der Waals surface area (Å²) in [6.45, 7) is 3.33. The molecule has 1 aromatic carbocycles. The van der Waals surface area contributed by atoms with Gasteiger partial charge in [-0.05, 0) is 12.1 Å². The molecule has 1 amide bonds. The maximum atomic E-state index is 11.9. The van der Waals surface area contributed by atoms with E-state index in [0.717, 1.165) is 12.1 Å². The van der Waals surface area contributed by atoms with Crippen molar-refractivity contribution in [2.45, 2.75) is 4.33 Å². The Bertz CT molecular complexity index is 567. The molecule has 2 N–H and O–H groups in total. The Hall–Kier alpha value is -1.92. The van der Waals surface area contributed by atoms with Gasteiger partial charge in [-0.2, -0.15) is 0 Å². The van der Waals surface area contributed by atoms with Gasteiger partial charge in [0.15, 0.2) is 5.78 Å². The van der Waals surface area contributed by atoms with Crippen LogP contribution in [0.1, 0.15) is 10.4 Å². The Kier molecular flexibility index (Phi) is 4.28. The highest BCUT2D eigenvalue weighted by molar-refractivity contribution is 6.62. The van der Waals surface area contributed by atoms with Gasteiger partial charge in [-0.25, -0.2) is 0 Å². The topological polar surface area (TPSA) is 103 Å². The first-order valence-electron chi connectivity index (χ1n) is 4.84. The molecule has 8 heteroatoms. The van der Waals surface area contributed by atoms with Crippen molar-refractivity contribution in [3.63, 3.8) is 0 Å². The van der Waals surface area contributed by atoms with E-state index in [2.05, 4.69) is 6.58 Å². The number of nitrogens with two attached hydrogens (primary N) is 1. The lowest BCUT2D eigenvalue weighted by atomic mass is 10.0. The first kappa shape index (κ1) is 15.1. The number of nitro groups is 1. The highest BCUT2D eigenvalue weighted by Crippen LogP contribution is 2.31. The van der Waals surface area contributed by atoms with Crippen molar-refractivity contribution < 1.29 is 14.5 Å². The van der Waals surface area contributed by atoms with E-state index in [1.165, 1.54) is 12.1 Å². The van der Waals surface area contributed by atoms with Gasteiger partial charge >= 0.3 is 0 Å². The number of amides is 1. The number of ketones is 1. The van der Waals surface area contributed by atoms with Gasteiger partial charge in [-0.15, -0.1) is 0 Å². The molecule has 0 unspecified atom stereocenters. The average Bonchev–Trinajstić information content (AvgIpc) is 2.36. The van der Waals surface area contributed by atoms with E-state index < -0.39 is 26.5 Å². The summed E-state index contributed by atoms with van der Waals surface area (Å²) < 4.78 is -2.22. The average molecular weight is 303 g/mol. The summed E-state index contributed by atoms with van der Waals surface area (Å²) in [7, 11) is 0. The quantitative estimate of drug-likeness (QED) is 0.295. The third kappa shape index (κ3) is 3.10. The van der Waals surface area contributed by atoms with Crippen molar-refractivity contribution in [2.75, 3.05) is 0 Å². The number of carbonyl (C=O) groups is 2. The summed E-state index contributed by atoms with van der Waals surface area (Å²) in [5, 5.41) is 10.5. The molecule has 0 heterocycles. The summed E-state index contributed by atoms with van der Waals surface area (Å²) in [5.74, 6) is -1.85. The van der Waals surface area contributed by atoms with E-state index in [-0.39, 0.29) is 11.3 Å². The van der Waals surface area contributed by atoms with Crippen LogP contribution in [0.3, 0.4) is 0 Å². The van der Waals surface area contributed by atoms with Crippen LogP contribution in [0.2, 0.25) is 0 Å². The maximum Gasteiger partial charge on any atom is 0.269 e. The minimum Gasteiger partial charge on any atom is -0.367 e. The molecule has 0 fully saturated rings. The molecule has 0 bridgehead atoms. The zero-order valence-corrected chi connectivity index (χ0v) is 10.9. The van der Waals surface area contributed by atoms with Gasteiger partial charge in [0, 0.05) is 23.3 Å². The molecule has 0 aromatic heterocycles. The van der Waals surface area contributed by atoms with Crippen LogP contribution in [0.15, 0.2) is 36.4 Å². The van der Waals surface area contributed by atoms with Gasteiger partial charge in [0.05, 0.1) is 4.92 Å². The summed E-state index contributed by atoms with van der Waals surface area (Å²) >= 11 is 11.2. The monoisotopic (exact) mass is 302 g/mol. The summed E-state index contributed by atoms with van der Waals surface area (Å²) in [6, 6.07) is 4.68. The number of alkyl halides is 2. The largest absolute Gasteiger partial charge is 0.367 e. The van der Waals surface area contributed by atoms with E-state index in [0.29, 0.717) is 0 Å². The second-order valence-corrected chi connectivity index (χ2v) is 4.88. The molecular weight excluding hydrogens is 295 g/mol. The predicted molar refractivity (Wildman–Crippen MR) is 70.2 cm³/mol. The molecule has 1 rings (SSSR count). The molecule has 0 atom stereocenters. The van der Waals surface area contributed by atoms with Crippen LogP contribution in [0, 0.1) is 10.1 Å². The molecule has 0 saturated carbocycles. The number of rotatable bonds is 5. The number of halogens is 2. The van der Waals surface area contributed by atoms with Crippen molar-refractivity contribution in [1.29, 1.82) is 0 Å². The molecule has 0 aliphatic carbocycles. The third-order valence-electron chi connectivity index (χ3n) is 2.30. The fourth-order valence-corrected chi connectivity index (χ4v) is 1.37. The van der Waals surface area contributed by atoms with Crippen molar-refractivity contribution in [3.8, 4) is 0 Å². The minimum atomic E-state index is -2.22. The van der Waals surface area contributed by atoms with Crippen LogP contribution in [0.5, 0.6) is 0 Å². The van der Waals surface area contributed by atoms with Gasteiger partial charge in [0.25, 0.3) is 11.6 Å². The second-order valence-electron chi connectivity index (χ2n) is 3.55. The Labute approximate surface area is 117 Å². The van der Waals surface area contributed by atoms with E-state index in [1.54, 1.807) is 0 Å². The van der Waals surface area contributed by atoms with Gasteiger partial charge < -0.3 is 5.73 Å². The Morgan fingerprint density at radius 1 is 1.26 bits per heavy atom. The number of carbonyl (C=O) groups excluding carboxylic acids is 2. The second kappa shape index (κ2) is 5.38. The lowest BCUT2D eigenvalue weighted by Crippen LogP contribution is -2.37. The van der Waals surface area contributed by atoms with E-state index in [1.807, 2.05) is 0 Å². The molecule has 6 nitrogen and oxygen atoms in total. The summed E-state index contributed by atoms with van der Waals surface area (Å²) in [5.41, 5.74) is 4.40. The zero-order chi connectivity index (χ0) is 14.8. The molecule has 0 radical (unpaired) electrons. The van der Waals surface area contributed by atoms with Gasteiger partial charge in [0.2, 0.25) is 4.33 Å². The smallest absolute Gasteiger partial charge is 0.269 e. The van der Waals surface area contributed by atoms with E-state index in [9.17, 15) is 19.7 Å². The van der Waals surface area contributed by atoms with Crippen LogP contribution in [0.4, 0.5) is 5.69 Å². The van der Waals surface area contributed by atoms with Crippen molar-refractivity contribution >= 4 is 40.6 Å². The maximum absolute atomic E-state index is 11.9. The predicted octanol–water partition coefficient (Wildman–Crippen LogP) is 1.99. The summed E-state index contributed by atoms with van der Waals surface area (Å²) in [4.78, 5) is 32.8. The highest BCUT2D eigenvalue weighted by Gasteiger charge is 2.38. The first-order valence-corrected chi connectivity index (χ1v) is 5.59. The van der Waals surface area contributed by atoms with Crippen LogP contribution < -0.4 is 5.73 Å². The van der Waals surface area contributed by atoms with Crippen molar-refractivity contribution in [2.24, 2.45) is 5.73 Å². The normalized spacial score (nSPS) is 10.8. The van der Waals surface area contributed by atoms with Gasteiger partial charge in [-0.1, -0.05) is 29.8 Å². The fourth-order valence-electron chi connectivity index (χ4n) is 1.20. The first-order chi connectivity index (χ1) is 8.67. The van der Waals surface area contributed by atoms with E-state index >= 15 is 0 Å². The fraction of sp³-hybridized carbons (Fsp3) is 0.0909. The molecule has 100 valence electrons. The molecule has 19 heavy (non-hydrogen) atoms. The number of Topliss-reactive ketones (excluding diaryl/α,β-unsaturated/α-hetero) is 1. The Morgan fingerprint density at radius 2 is 1.74 bits per heavy atom. The van der Waals surface area contributed by atoms with Crippen molar-refractivity contribution in [1.82, 2.24) is 0 Å². The van der Waals surface area contributed by atoms with Crippen LogP contribution in [-0.2, 0) is 4.79 Å². The van der Waals surface area contributed by atoms with Gasteiger partial charge in [-0.3, -0.25) is 19.7 Å². The number of benzene rings is 1. The number of primary amides is 1. The standard InChI is InChI=1S/C11H8Cl2N2O4/c1-6(11(12,13)10(14)17)9(16)7-2-4-8(5-3-7)15(18)19/h2-5H,1H2,(H2,14,17). The zero-order valence-electron chi connectivity index (χ0n) is 9.43. The molecule has 0 saturated heterocycles. The third-order valence-corrected chi connectivity index (χ3v) is 3.13. The number of hydrogen-bond donors (Lipinski definition) is 1. The number of hydrogen-bond acceptors (Lipinski definition) is 4. The lowest BCUT2D eigenvalue weighted by molar-refractivity contribution is -0.384. The van der Waals surface area contributed by atoms with E-state index in [4.69, 9.17) is 28.9 Å². The summed E-state index contributed by atoms with van der Waals surface area (Å²) in [6.07, 6.45) is 0. The molecule has 0 aliphatic heterocycles. The lowest BCUT2D eigenvalue weighted by Gasteiger charge is -2.17. The molecule has 1 aromatic rings. The van der Waals surface area contributed by atoms with Crippen LogP contribution >= 0.6 is 23.2 Å². The van der Waals surface area contributed by atoms with Crippen molar-refractivity contribution in [3.05, 3.63) is 52.1 Å². The molecule has 0 aliphatic rings.